The molecule has 0 fully saturated rings. The van der Waals surface area contributed by atoms with Crippen LogP contribution < -0.4 is 0 Å². The summed E-state index contributed by atoms with van der Waals surface area (Å²) in [5, 5.41) is 0. The van der Waals surface area contributed by atoms with Crippen LogP contribution in [0.5, 0.6) is 0 Å². The van der Waals surface area contributed by atoms with Gasteiger partial charge in [-0.15, -0.1) is 0 Å². The summed E-state index contributed by atoms with van der Waals surface area (Å²) < 4.78 is 3.31. The average molecular weight is 307 g/mol. The van der Waals surface area contributed by atoms with Crippen molar-refractivity contribution in [1.82, 2.24) is 9.55 Å². The van der Waals surface area contributed by atoms with E-state index in [9.17, 15) is 0 Å². The van der Waals surface area contributed by atoms with Gasteiger partial charge in [0.05, 0.1) is 6.33 Å². The summed E-state index contributed by atoms with van der Waals surface area (Å²) >= 11 is 3.49. The van der Waals surface area contributed by atoms with E-state index in [1.807, 2.05) is 18.7 Å². The Hall–Kier alpha value is -1.09. The Morgan fingerprint density at radius 1 is 1.28 bits per heavy atom. The summed E-state index contributed by atoms with van der Waals surface area (Å²) in [4.78, 5) is 4.12. The van der Waals surface area contributed by atoms with Gasteiger partial charge in [-0.3, -0.25) is 0 Å². The number of unbranched alkanes of at least 4 members (excludes halogenated alkanes) is 1. The number of rotatable bonds is 6. The molecule has 18 heavy (non-hydrogen) atoms. The Labute approximate surface area is 117 Å². The minimum atomic E-state index is 0.576. The predicted molar refractivity (Wildman–Crippen MR) is 78.6 cm³/mol. The van der Waals surface area contributed by atoms with Gasteiger partial charge in [0.15, 0.2) is 0 Å². The summed E-state index contributed by atoms with van der Waals surface area (Å²) in [6.07, 6.45) is 9.54. The van der Waals surface area contributed by atoms with E-state index in [1.165, 1.54) is 24.8 Å². The molecule has 0 spiro atoms. The van der Waals surface area contributed by atoms with E-state index in [2.05, 4.69) is 56.7 Å². The fourth-order valence-corrected chi connectivity index (χ4v) is 2.46. The smallest absolute Gasteiger partial charge is 0.0946 e. The van der Waals surface area contributed by atoms with E-state index in [0.29, 0.717) is 5.92 Å². The number of imidazole rings is 1. The fourth-order valence-electron chi connectivity index (χ4n) is 2.20. The monoisotopic (exact) mass is 306 g/mol. The first-order valence-corrected chi connectivity index (χ1v) is 7.30. The maximum atomic E-state index is 4.12. The summed E-state index contributed by atoms with van der Waals surface area (Å²) in [6.45, 7) is 3.26. The number of nitrogens with zero attached hydrogens (tertiary/aromatic N) is 2. The summed E-state index contributed by atoms with van der Waals surface area (Å²) in [7, 11) is 0. The van der Waals surface area contributed by atoms with E-state index in [-0.39, 0.29) is 0 Å². The zero-order valence-electron chi connectivity index (χ0n) is 10.7. The Morgan fingerprint density at radius 2 is 2.06 bits per heavy atom. The lowest BCUT2D eigenvalue weighted by Crippen LogP contribution is -2.08. The lowest BCUT2D eigenvalue weighted by Gasteiger charge is -2.18. The highest BCUT2D eigenvalue weighted by molar-refractivity contribution is 9.10. The van der Waals surface area contributed by atoms with Gasteiger partial charge in [0.25, 0.3) is 0 Å². The van der Waals surface area contributed by atoms with E-state index < -0.39 is 0 Å². The molecule has 2 aromatic rings. The Kier molecular flexibility index (Phi) is 5.00. The van der Waals surface area contributed by atoms with E-state index in [4.69, 9.17) is 0 Å². The number of benzene rings is 1. The summed E-state index contributed by atoms with van der Waals surface area (Å²) in [5.41, 5.74) is 1.42. The first-order chi connectivity index (χ1) is 8.79. The Balaban J connectivity index is 2.11. The van der Waals surface area contributed by atoms with Crippen molar-refractivity contribution in [1.29, 1.82) is 0 Å². The van der Waals surface area contributed by atoms with Crippen LogP contribution in [0.3, 0.4) is 0 Å². The molecule has 3 heteroatoms. The molecule has 1 aromatic heterocycles. The van der Waals surface area contributed by atoms with Gasteiger partial charge in [0.1, 0.15) is 0 Å². The van der Waals surface area contributed by atoms with Crippen molar-refractivity contribution in [3.05, 3.63) is 53.0 Å². The van der Waals surface area contributed by atoms with Crippen molar-refractivity contribution in [3.63, 3.8) is 0 Å². The molecule has 1 unspecified atom stereocenters. The van der Waals surface area contributed by atoms with Crippen LogP contribution in [0.2, 0.25) is 0 Å². The molecule has 0 bridgehead atoms. The second kappa shape index (κ2) is 6.74. The van der Waals surface area contributed by atoms with E-state index in [0.717, 1.165) is 11.0 Å². The number of halogens is 1. The first kappa shape index (κ1) is 13.3. The molecule has 2 nitrogen and oxygen atoms in total. The molecule has 0 saturated heterocycles. The molecular weight excluding hydrogens is 288 g/mol. The molecule has 1 aromatic carbocycles. The van der Waals surface area contributed by atoms with Crippen molar-refractivity contribution in [2.45, 2.75) is 38.6 Å². The van der Waals surface area contributed by atoms with Crippen molar-refractivity contribution >= 4 is 15.9 Å². The number of hydrogen-bond donors (Lipinski definition) is 0. The van der Waals surface area contributed by atoms with Gasteiger partial charge in [-0.25, -0.2) is 4.98 Å². The molecule has 0 aliphatic rings. The van der Waals surface area contributed by atoms with Gasteiger partial charge in [-0.2, -0.15) is 0 Å². The van der Waals surface area contributed by atoms with Gasteiger partial charge in [-0.1, -0.05) is 47.8 Å². The summed E-state index contributed by atoms with van der Waals surface area (Å²) in [6, 6.07) is 8.70. The molecular formula is C15H19BrN2. The van der Waals surface area contributed by atoms with Gasteiger partial charge in [0.2, 0.25) is 0 Å². The van der Waals surface area contributed by atoms with Crippen LogP contribution in [-0.2, 0) is 6.54 Å². The minimum Gasteiger partial charge on any atom is -0.337 e. The molecule has 0 aliphatic carbocycles. The standard InChI is InChI=1S/C15H19BrN2/c1-2-3-4-14(11-18-10-9-17-12-18)13-5-7-15(16)8-6-13/h5-10,12,14H,2-4,11H2,1H3. The first-order valence-electron chi connectivity index (χ1n) is 6.50. The third-order valence-electron chi connectivity index (χ3n) is 3.24. The van der Waals surface area contributed by atoms with Crippen molar-refractivity contribution in [2.24, 2.45) is 0 Å². The molecule has 0 N–H and O–H groups in total. The third-order valence-corrected chi connectivity index (χ3v) is 3.77. The maximum Gasteiger partial charge on any atom is 0.0946 e. The SMILES string of the molecule is CCCCC(Cn1ccnc1)c1ccc(Br)cc1. The van der Waals surface area contributed by atoms with Gasteiger partial charge in [-0.05, 0) is 24.1 Å². The molecule has 96 valence electrons. The van der Waals surface area contributed by atoms with Crippen LogP contribution in [0, 0.1) is 0 Å². The van der Waals surface area contributed by atoms with Crippen molar-refractivity contribution in [3.8, 4) is 0 Å². The molecule has 0 amide bonds. The van der Waals surface area contributed by atoms with Crippen LogP contribution in [-0.4, -0.2) is 9.55 Å². The molecule has 2 rings (SSSR count). The topological polar surface area (TPSA) is 17.8 Å². The van der Waals surface area contributed by atoms with Gasteiger partial charge >= 0.3 is 0 Å². The molecule has 1 heterocycles. The normalized spacial score (nSPS) is 12.6. The van der Waals surface area contributed by atoms with Gasteiger partial charge < -0.3 is 4.57 Å². The second-order valence-corrected chi connectivity index (χ2v) is 5.57. The van der Waals surface area contributed by atoms with Crippen LogP contribution in [0.1, 0.15) is 37.7 Å². The third kappa shape index (κ3) is 3.70. The Bertz CT molecular complexity index is 448. The fraction of sp³-hybridized carbons (Fsp3) is 0.400. The molecule has 1 atom stereocenters. The highest BCUT2D eigenvalue weighted by atomic mass is 79.9. The number of hydrogen-bond acceptors (Lipinski definition) is 1. The quantitative estimate of drug-likeness (QED) is 0.761. The predicted octanol–water partition coefficient (Wildman–Crippen LogP) is 4.62. The summed E-state index contributed by atoms with van der Waals surface area (Å²) in [5.74, 6) is 0.576. The van der Waals surface area contributed by atoms with E-state index in [1.54, 1.807) is 0 Å². The largest absolute Gasteiger partial charge is 0.337 e. The Morgan fingerprint density at radius 3 is 2.67 bits per heavy atom. The van der Waals surface area contributed by atoms with E-state index >= 15 is 0 Å². The number of aromatic nitrogens is 2. The van der Waals surface area contributed by atoms with Crippen LogP contribution in [0.25, 0.3) is 0 Å². The highest BCUT2D eigenvalue weighted by Crippen LogP contribution is 2.25. The lowest BCUT2D eigenvalue weighted by atomic mass is 9.93. The average Bonchev–Trinajstić information content (AvgIpc) is 2.88. The van der Waals surface area contributed by atoms with Crippen LogP contribution in [0.15, 0.2) is 47.5 Å². The van der Waals surface area contributed by atoms with Gasteiger partial charge in [0, 0.05) is 29.3 Å². The lowest BCUT2D eigenvalue weighted by molar-refractivity contribution is 0.505. The molecule has 0 saturated carbocycles. The van der Waals surface area contributed by atoms with Crippen LogP contribution >= 0.6 is 15.9 Å². The second-order valence-electron chi connectivity index (χ2n) is 4.65. The maximum absolute atomic E-state index is 4.12. The molecule has 0 radical (unpaired) electrons. The van der Waals surface area contributed by atoms with Crippen LogP contribution in [0.4, 0.5) is 0 Å². The minimum absolute atomic E-state index is 0.576. The van der Waals surface area contributed by atoms with Crippen molar-refractivity contribution in [2.75, 3.05) is 0 Å². The molecule has 0 aliphatic heterocycles. The highest BCUT2D eigenvalue weighted by Gasteiger charge is 2.11. The zero-order valence-corrected chi connectivity index (χ0v) is 12.3. The van der Waals surface area contributed by atoms with Crippen molar-refractivity contribution < 1.29 is 0 Å². The zero-order chi connectivity index (χ0) is 12.8.